The molecule has 0 spiro atoms. The standard InChI is InChI=1S/C17H12F6N6S/c1-3-30-15-12(27-11-6-24-10(7-29(11)15)17(21,22)23)14-26-9-4-8(16(18,19)20)5-25-13(9)28(14)2/h4-7H,3H2,1-2H3. The highest BCUT2D eigenvalue weighted by atomic mass is 32.2. The lowest BCUT2D eigenvalue weighted by Crippen LogP contribution is -2.09. The van der Waals surface area contributed by atoms with Gasteiger partial charge < -0.3 is 4.57 Å². The van der Waals surface area contributed by atoms with Gasteiger partial charge in [-0.2, -0.15) is 26.3 Å². The molecule has 4 heterocycles. The van der Waals surface area contributed by atoms with Crippen LogP contribution >= 0.6 is 11.8 Å². The van der Waals surface area contributed by atoms with Crippen molar-refractivity contribution in [3.8, 4) is 11.5 Å². The Kier molecular flexibility index (Phi) is 4.67. The van der Waals surface area contributed by atoms with E-state index in [0.29, 0.717) is 17.0 Å². The molecule has 4 aromatic heterocycles. The van der Waals surface area contributed by atoms with E-state index in [1.54, 1.807) is 7.05 Å². The molecule has 0 N–H and O–H groups in total. The molecule has 0 atom stereocenters. The third-order valence-electron chi connectivity index (χ3n) is 4.28. The number of alkyl halides is 6. The van der Waals surface area contributed by atoms with Crippen molar-refractivity contribution in [1.29, 1.82) is 0 Å². The summed E-state index contributed by atoms with van der Waals surface area (Å²) in [5.74, 6) is 0.704. The molecular weight excluding hydrogens is 434 g/mol. The van der Waals surface area contributed by atoms with Crippen molar-refractivity contribution in [2.24, 2.45) is 7.05 Å². The van der Waals surface area contributed by atoms with E-state index in [-0.39, 0.29) is 28.3 Å². The van der Waals surface area contributed by atoms with Gasteiger partial charge in [0.2, 0.25) is 0 Å². The molecule has 0 bridgehead atoms. The predicted octanol–water partition coefficient (Wildman–Crippen LogP) is 4.83. The lowest BCUT2D eigenvalue weighted by molar-refractivity contribution is -0.141. The molecule has 0 aromatic carbocycles. The Morgan fingerprint density at radius 2 is 1.73 bits per heavy atom. The van der Waals surface area contributed by atoms with Gasteiger partial charge in [0.05, 0.1) is 11.8 Å². The summed E-state index contributed by atoms with van der Waals surface area (Å²) in [5.41, 5.74) is -1.45. The number of rotatable bonds is 3. The molecule has 13 heteroatoms. The Hall–Kier alpha value is -2.83. The van der Waals surface area contributed by atoms with Crippen LogP contribution in [0.4, 0.5) is 26.3 Å². The first kappa shape index (κ1) is 20.4. The lowest BCUT2D eigenvalue weighted by Gasteiger charge is -2.07. The Morgan fingerprint density at radius 3 is 2.37 bits per heavy atom. The van der Waals surface area contributed by atoms with Gasteiger partial charge in [-0.25, -0.2) is 19.9 Å². The van der Waals surface area contributed by atoms with E-state index in [4.69, 9.17) is 0 Å². The number of aryl methyl sites for hydroxylation is 1. The molecule has 158 valence electrons. The van der Waals surface area contributed by atoms with Crippen molar-refractivity contribution in [3.63, 3.8) is 0 Å². The zero-order valence-electron chi connectivity index (χ0n) is 15.4. The van der Waals surface area contributed by atoms with E-state index >= 15 is 0 Å². The molecule has 6 nitrogen and oxygen atoms in total. The molecule has 0 saturated heterocycles. The number of pyridine rings is 1. The van der Waals surface area contributed by atoms with Crippen LogP contribution in [0.15, 0.2) is 29.7 Å². The van der Waals surface area contributed by atoms with Crippen molar-refractivity contribution < 1.29 is 26.3 Å². The number of imidazole rings is 2. The van der Waals surface area contributed by atoms with Crippen LogP contribution in [0.1, 0.15) is 18.2 Å². The van der Waals surface area contributed by atoms with Crippen LogP contribution in [0.2, 0.25) is 0 Å². The smallest absolute Gasteiger partial charge is 0.310 e. The van der Waals surface area contributed by atoms with Gasteiger partial charge in [0, 0.05) is 19.4 Å². The summed E-state index contributed by atoms with van der Waals surface area (Å²) in [6, 6.07) is 0.873. The van der Waals surface area contributed by atoms with Gasteiger partial charge >= 0.3 is 12.4 Å². The Labute approximate surface area is 169 Å². The monoisotopic (exact) mass is 446 g/mol. The Morgan fingerprint density at radius 1 is 1.00 bits per heavy atom. The SMILES string of the molecule is CCSc1c(-c2nc3cc(C(F)(F)F)cnc3n2C)nc2cnc(C(F)(F)F)cn12. The summed E-state index contributed by atoms with van der Waals surface area (Å²) in [6.45, 7) is 1.81. The fourth-order valence-corrected chi connectivity index (χ4v) is 3.78. The number of nitrogens with zero attached hydrogens (tertiary/aromatic N) is 6. The summed E-state index contributed by atoms with van der Waals surface area (Å²) in [7, 11) is 1.55. The molecule has 0 aliphatic carbocycles. The molecular formula is C17H12F6N6S. The van der Waals surface area contributed by atoms with Gasteiger partial charge in [-0.15, -0.1) is 11.8 Å². The van der Waals surface area contributed by atoms with Crippen molar-refractivity contribution >= 4 is 28.6 Å². The van der Waals surface area contributed by atoms with Crippen LogP contribution < -0.4 is 0 Å². The van der Waals surface area contributed by atoms with Crippen LogP contribution in [-0.2, 0) is 19.4 Å². The molecule has 0 saturated carbocycles. The number of hydrogen-bond acceptors (Lipinski definition) is 5. The van der Waals surface area contributed by atoms with Gasteiger partial charge in [0.1, 0.15) is 16.2 Å². The van der Waals surface area contributed by atoms with E-state index in [1.165, 1.54) is 20.7 Å². The van der Waals surface area contributed by atoms with E-state index < -0.39 is 23.6 Å². The van der Waals surface area contributed by atoms with E-state index in [9.17, 15) is 26.3 Å². The first-order chi connectivity index (χ1) is 14.0. The molecule has 0 unspecified atom stereocenters. The minimum Gasteiger partial charge on any atom is -0.310 e. The summed E-state index contributed by atoms with van der Waals surface area (Å²) in [6.07, 6.45) is -6.67. The average molecular weight is 446 g/mol. The highest BCUT2D eigenvalue weighted by molar-refractivity contribution is 7.99. The molecule has 0 aliphatic heterocycles. The van der Waals surface area contributed by atoms with Gasteiger partial charge in [-0.1, -0.05) is 6.92 Å². The lowest BCUT2D eigenvalue weighted by atomic mass is 10.2. The third-order valence-corrected chi connectivity index (χ3v) is 5.24. The van der Waals surface area contributed by atoms with E-state index in [0.717, 1.165) is 18.5 Å². The molecule has 0 radical (unpaired) electrons. The topological polar surface area (TPSA) is 60.9 Å². The number of thioether (sulfide) groups is 1. The second kappa shape index (κ2) is 6.86. The average Bonchev–Trinajstić information content (AvgIpc) is 3.18. The third kappa shape index (κ3) is 3.36. The summed E-state index contributed by atoms with van der Waals surface area (Å²) in [4.78, 5) is 15.8. The minimum absolute atomic E-state index is 0.000866. The summed E-state index contributed by atoms with van der Waals surface area (Å²) in [5, 5.41) is 0.370. The maximum absolute atomic E-state index is 13.1. The number of halogens is 6. The normalized spacial score (nSPS) is 12.9. The summed E-state index contributed by atoms with van der Waals surface area (Å²) >= 11 is 1.23. The Balaban J connectivity index is 1.95. The molecule has 4 aromatic rings. The van der Waals surface area contributed by atoms with Crippen molar-refractivity contribution in [2.75, 3.05) is 5.75 Å². The van der Waals surface area contributed by atoms with Gasteiger partial charge in [0.15, 0.2) is 22.8 Å². The quantitative estimate of drug-likeness (QED) is 0.333. The highest BCUT2D eigenvalue weighted by Crippen LogP contribution is 2.36. The number of hydrogen-bond donors (Lipinski definition) is 0. The fourth-order valence-electron chi connectivity index (χ4n) is 2.94. The van der Waals surface area contributed by atoms with Crippen LogP contribution in [-0.4, -0.2) is 34.7 Å². The van der Waals surface area contributed by atoms with E-state index in [1.807, 2.05) is 6.92 Å². The van der Waals surface area contributed by atoms with Crippen molar-refractivity contribution in [2.45, 2.75) is 24.3 Å². The van der Waals surface area contributed by atoms with Gasteiger partial charge in [-0.05, 0) is 11.8 Å². The minimum atomic E-state index is -4.64. The molecule has 0 fully saturated rings. The van der Waals surface area contributed by atoms with Crippen LogP contribution in [0.25, 0.3) is 28.3 Å². The van der Waals surface area contributed by atoms with Crippen molar-refractivity contribution in [3.05, 3.63) is 35.9 Å². The molecule has 0 aliphatic rings. The van der Waals surface area contributed by atoms with Crippen molar-refractivity contribution in [1.82, 2.24) is 28.9 Å². The maximum atomic E-state index is 13.1. The Bertz CT molecular complexity index is 1260. The van der Waals surface area contributed by atoms with Gasteiger partial charge in [-0.3, -0.25) is 4.40 Å². The maximum Gasteiger partial charge on any atom is 0.434 e. The first-order valence-corrected chi connectivity index (χ1v) is 9.47. The number of fused-ring (bicyclic) bond motifs is 2. The fraction of sp³-hybridized carbons (Fsp3) is 0.294. The zero-order chi connectivity index (χ0) is 21.8. The van der Waals surface area contributed by atoms with Crippen LogP contribution in [0, 0.1) is 0 Å². The molecule has 4 rings (SSSR count). The summed E-state index contributed by atoms with van der Waals surface area (Å²) < 4.78 is 80.9. The first-order valence-electron chi connectivity index (χ1n) is 8.49. The van der Waals surface area contributed by atoms with Crippen LogP contribution in [0.3, 0.4) is 0 Å². The predicted molar refractivity (Wildman–Crippen MR) is 96.9 cm³/mol. The second-order valence-corrected chi connectivity index (χ2v) is 7.51. The van der Waals surface area contributed by atoms with E-state index in [2.05, 4.69) is 19.9 Å². The largest absolute Gasteiger partial charge is 0.434 e. The van der Waals surface area contributed by atoms with Crippen LogP contribution in [0.5, 0.6) is 0 Å². The number of aromatic nitrogens is 6. The highest BCUT2D eigenvalue weighted by Gasteiger charge is 2.34. The molecule has 0 amide bonds. The second-order valence-electron chi connectivity index (χ2n) is 6.26. The van der Waals surface area contributed by atoms with Gasteiger partial charge in [0.25, 0.3) is 0 Å². The molecule has 30 heavy (non-hydrogen) atoms. The zero-order valence-corrected chi connectivity index (χ0v) is 16.2.